The van der Waals surface area contributed by atoms with E-state index in [-0.39, 0.29) is 12.4 Å². The Morgan fingerprint density at radius 3 is 2.21 bits per heavy atom. The van der Waals surface area contributed by atoms with Crippen LogP contribution in [0.25, 0.3) is 0 Å². The van der Waals surface area contributed by atoms with Gasteiger partial charge in [-0.1, -0.05) is 60.7 Å². The van der Waals surface area contributed by atoms with Crippen LogP contribution in [0.5, 0.6) is 0 Å². The minimum Gasteiger partial charge on any atom is -0.389 e. The summed E-state index contributed by atoms with van der Waals surface area (Å²) in [7, 11) is 3.78. The lowest BCUT2D eigenvalue weighted by molar-refractivity contribution is -0.00912. The fraction of sp³-hybridized carbons (Fsp3) is 0.350. The molecule has 0 bridgehead atoms. The smallest absolute Gasteiger partial charge is 0.191 e. The molecule has 2 aromatic carbocycles. The van der Waals surface area contributed by atoms with Gasteiger partial charge in [0.05, 0.1) is 12.7 Å². The Bertz CT molecular complexity index is 613. The van der Waals surface area contributed by atoms with Gasteiger partial charge >= 0.3 is 0 Å². The van der Waals surface area contributed by atoms with Crippen LogP contribution >= 0.6 is 0 Å². The van der Waals surface area contributed by atoms with Gasteiger partial charge in [-0.05, 0) is 19.7 Å². The first kappa shape index (κ1) is 18.3. The summed E-state index contributed by atoms with van der Waals surface area (Å²) in [5.41, 5.74) is 1.66. The molecule has 2 aromatic rings. The number of aliphatic hydroxyl groups excluding tert-OH is 1. The molecule has 0 aromatic heterocycles. The van der Waals surface area contributed by atoms with Crippen molar-refractivity contribution in [1.82, 2.24) is 4.90 Å². The normalized spacial score (nSPS) is 13.7. The second kappa shape index (κ2) is 9.33. The summed E-state index contributed by atoms with van der Waals surface area (Å²) in [6, 6.07) is 18.9. The molecule has 2 unspecified atom stereocenters. The van der Waals surface area contributed by atoms with Gasteiger partial charge in [-0.25, -0.2) is 0 Å². The van der Waals surface area contributed by atoms with Crippen molar-refractivity contribution >= 4 is 5.78 Å². The van der Waals surface area contributed by atoms with E-state index in [9.17, 15) is 9.90 Å². The molecule has 2 rings (SSSR count). The first-order chi connectivity index (χ1) is 11.6. The van der Waals surface area contributed by atoms with Crippen molar-refractivity contribution in [3.05, 3.63) is 71.8 Å². The zero-order chi connectivity index (χ0) is 17.4. The number of nitrogens with zero attached hydrogens (tertiary/aromatic N) is 1. The highest BCUT2D eigenvalue weighted by atomic mass is 16.5. The number of hydrogen-bond donors (Lipinski definition) is 1. The molecule has 2 atom stereocenters. The molecule has 0 heterocycles. The topological polar surface area (TPSA) is 49.8 Å². The standard InChI is InChI=1S/C20H25NO3/c1-21(2)14-18(22)15-24-19(13-16-9-5-3-6-10-16)20(23)17-11-7-4-8-12-17/h3-12,18-19,22H,13-15H2,1-2H3. The second-order valence-corrected chi connectivity index (χ2v) is 6.16. The van der Waals surface area contributed by atoms with Gasteiger partial charge in [0, 0.05) is 18.5 Å². The minimum atomic E-state index is -0.623. The van der Waals surface area contributed by atoms with Gasteiger partial charge in [0.25, 0.3) is 0 Å². The molecule has 0 aliphatic rings. The van der Waals surface area contributed by atoms with Crippen molar-refractivity contribution in [3.8, 4) is 0 Å². The number of rotatable bonds is 9. The second-order valence-electron chi connectivity index (χ2n) is 6.16. The maximum absolute atomic E-state index is 12.8. The highest BCUT2D eigenvalue weighted by Crippen LogP contribution is 2.13. The Hall–Kier alpha value is -2.01. The van der Waals surface area contributed by atoms with E-state index in [0.29, 0.717) is 18.5 Å². The van der Waals surface area contributed by atoms with Gasteiger partial charge in [0.15, 0.2) is 5.78 Å². The number of hydrogen-bond acceptors (Lipinski definition) is 4. The highest BCUT2D eigenvalue weighted by Gasteiger charge is 2.22. The number of ether oxygens (including phenoxy) is 1. The van der Waals surface area contributed by atoms with E-state index < -0.39 is 12.2 Å². The summed E-state index contributed by atoms with van der Waals surface area (Å²) >= 11 is 0. The lowest BCUT2D eigenvalue weighted by atomic mass is 10.00. The SMILES string of the molecule is CN(C)CC(O)COC(Cc1ccccc1)C(=O)c1ccccc1. The molecule has 0 saturated heterocycles. The summed E-state index contributed by atoms with van der Waals surface area (Å²) in [6.45, 7) is 0.631. The van der Waals surface area contributed by atoms with Crippen molar-refractivity contribution < 1.29 is 14.6 Å². The molecule has 0 saturated carbocycles. The lowest BCUT2D eigenvalue weighted by Gasteiger charge is -2.21. The molecular weight excluding hydrogens is 302 g/mol. The van der Waals surface area contributed by atoms with E-state index in [1.54, 1.807) is 12.1 Å². The third kappa shape index (κ3) is 5.89. The summed E-state index contributed by atoms with van der Waals surface area (Å²) < 4.78 is 5.80. The predicted octanol–water partition coefficient (Wildman–Crippen LogP) is 2.42. The predicted molar refractivity (Wildman–Crippen MR) is 95.2 cm³/mol. The summed E-state index contributed by atoms with van der Waals surface area (Å²) in [6.07, 6.45) is -0.739. The van der Waals surface area contributed by atoms with E-state index in [1.165, 1.54) is 0 Å². The van der Waals surface area contributed by atoms with Crippen LogP contribution in [-0.4, -0.2) is 55.2 Å². The summed E-state index contributed by atoms with van der Waals surface area (Å²) in [5, 5.41) is 10.0. The third-order valence-electron chi connectivity index (χ3n) is 3.68. The van der Waals surface area contributed by atoms with Crippen LogP contribution in [0.4, 0.5) is 0 Å². The minimum absolute atomic E-state index is 0.0588. The van der Waals surface area contributed by atoms with Crippen LogP contribution in [0.3, 0.4) is 0 Å². The fourth-order valence-electron chi connectivity index (χ4n) is 2.55. The average Bonchev–Trinajstić information content (AvgIpc) is 2.59. The molecule has 0 spiro atoms. The van der Waals surface area contributed by atoms with Gasteiger partial charge < -0.3 is 14.7 Å². The molecule has 0 aliphatic heterocycles. The van der Waals surface area contributed by atoms with Gasteiger partial charge in [-0.15, -0.1) is 0 Å². The number of likely N-dealkylation sites (N-methyl/N-ethyl adjacent to an activating group) is 1. The van der Waals surface area contributed by atoms with Gasteiger partial charge in [-0.2, -0.15) is 0 Å². The Morgan fingerprint density at radius 1 is 1.04 bits per heavy atom. The molecule has 4 heteroatoms. The molecule has 0 aliphatic carbocycles. The molecule has 128 valence electrons. The maximum Gasteiger partial charge on any atom is 0.191 e. The summed E-state index contributed by atoms with van der Waals surface area (Å²) in [4.78, 5) is 14.7. The largest absolute Gasteiger partial charge is 0.389 e. The number of ketones is 1. The molecule has 0 fully saturated rings. The van der Waals surface area contributed by atoms with E-state index in [1.807, 2.05) is 67.5 Å². The number of carbonyl (C=O) groups is 1. The van der Waals surface area contributed by atoms with Crippen molar-refractivity contribution in [1.29, 1.82) is 0 Å². The zero-order valence-electron chi connectivity index (χ0n) is 14.3. The van der Waals surface area contributed by atoms with Crippen LogP contribution in [0.15, 0.2) is 60.7 Å². The van der Waals surface area contributed by atoms with Crippen LogP contribution in [0.1, 0.15) is 15.9 Å². The number of carbonyl (C=O) groups excluding carboxylic acids is 1. The number of aliphatic hydroxyl groups is 1. The Kier molecular flexibility index (Phi) is 7.12. The van der Waals surface area contributed by atoms with Gasteiger partial charge in [0.2, 0.25) is 0 Å². The van der Waals surface area contributed by atoms with Gasteiger partial charge in [0.1, 0.15) is 6.10 Å². The Balaban J connectivity index is 2.07. The number of benzene rings is 2. The van der Waals surface area contributed by atoms with Crippen molar-refractivity contribution in [3.63, 3.8) is 0 Å². The third-order valence-corrected chi connectivity index (χ3v) is 3.68. The molecule has 24 heavy (non-hydrogen) atoms. The van der Waals surface area contributed by atoms with Crippen molar-refractivity contribution in [2.24, 2.45) is 0 Å². The van der Waals surface area contributed by atoms with Crippen molar-refractivity contribution in [2.75, 3.05) is 27.2 Å². The molecule has 0 amide bonds. The fourth-order valence-corrected chi connectivity index (χ4v) is 2.55. The Morgan fingerprint density at radius 2 is 1.62 bits per heavy atom. The maximum atomic E-state index is 12.8. The first-order valence-electron chi connectivity index (χ1n) is 8.14. The molecule has 0 radical (unpaired) electrons. The Labute approximate surface area is 143 Å². The zero-order valence-corrected chi connectivity index (χ0v) is 14.3. The highest BCUT2D eigenvalue weighted by molar-refractivity contribution is 5.99. The van der Waals surface area contributed by atoms with Crippen LogP contribution in [0.2, 0.25) is 0 Å². The lowest BCUT2D eigenvalue weighted by Crippen LogP contribution is -2.34. The van der Waals surface area contributed by atoms with E-state index in [0.717, 1.165) is 5.56 Å². The van der Waals surface area contributed by atoms with Crippen LogP contribution in [-0.2, 0) is 11.2 Å². The number of Topliss-reactive ketones (excluding diaryl/α,β-unsaturated/α-hetero) is 1. The van der Waals surface area contributed by atoms with E-state index in [2.05, 4.69) is 0 Å². The monoisotopic (exact) mass is 327 g/mol. The molecular formula is C20H25NO3. The quantitative estimate of drug-likeness (QED) is 0.719. The van der Waals surface area contributed by atoms with Gasteiger partial charge in [-0.3, -0.25) is 4.79 Å². The average molecular weight is 327 g/mol. The van der Waals surface area contributed by atoms with E-state index in [4.69, 9.17) is 4.74 Å². The molecule has 4 nitrogen and oxygen atoms in total. The van der Waals surface area contributed by atoms with Crippen LogP contribution < -0.4 is 0 Å². The summed E-state index contributed by atoms with van der Waals surface area (Å²) in [5.74, 6) is -0.0588. The first-order valence-corrected chi connectivity index (χ1v) is 8.14. The van der Waals surface area contributed by atoms with Crippen LogP contribution in [0, 0.1) is 0 Å². The van der Waals surface area contributed by atoms with E-state index >= 15 is 0 Å². The molecule has 1 N–H and O–H groups in total. The van der Waals surface area contributed by atoms with Crippen molar-refractivity contribution in [2.45, 2.75) is 18.6 Å².